The highest BCUT2D eigenvalue weighted by molar-refractivity contribution is 6.30. The maximum atomic E-state index is 13.2. The molecule has 1 heterocycles. The quantitative estimate of drug-likeness (QED) is 0.336. The summed E-state index contributed by atoms with van der Waals surface area (Å²) in [7, 11) is 0. The lowest BCUT2D eigenvalue weighted by Crippen LogP contribution is -2.45. The van der Waals surface area contributed by atoms with E-state index in [1.165, 1.54) is 19.1 Å². The molecule has 0 radical (unpaired) electrons. The van der Waals surface area contributed by atoms with E-state index in [1.54, 1.807) is 65.5 Å². The second-order valence-electron chi connectivity index (χ2n) is 7.60. The van der Waals surface area contributed by atoms with Crippen molar-refractivity contribution in [2.45, 2.75) is 25.2 Å². The van der Waals surface area contributed by atoms with Gasteiger partial charge in [-0.15, -0.1) is 0 Å². The summed E-state index contributed by atoms with van der Waals surface area (Å²) < 4.78 is 59.3. The number of ether oxygens (including phenoxy) is 1. The van der Waals surface area contributed by atoms with Gasteiger partial charge in [0.2, 0.25) is 0 Å². The lowest BCUT2D eigenvalue weighted by atomic mass is 10.0. The number of fused-ring (bicyclic) bond motifs is 1. The third-order valence-electron chi connectivity index (χ3n) is 5.14. The molecule has 0 spiro atoms. The lowest BCUT2D eigenvalue weighted by Gasteiger charge is -2.27. The number of nitrogens with zero attached hydrogens (tertiary/aromatic N) is 2. The van der Waals surface area contributed by atoms with Crippen molar-refractivity contribution < 1.29 is 27.1 Å². The van der Waals surface area contributed by atoms with Gasteiger partial charge in [-0.25, -0.2) is 9.07 Å². The summed E-state index contributed by atoms with van der Waals surface area (Å²) in [5.41, 5.74) is 1.91. The molecule has 2 atom stereocenters. The van der Waals surface area contributed by atoms with E-state index >= 15 is 0 Å². The molecule has 0 aliphatic heterocycles. The van der Waals surface area contributed by atoms with Crippen LogP contribution in [0.5, 0.6) is 5.75 Å². The molecular weight excluding hydrogens is 474 g/mol. The fraction of sp³-hybridized carbons (Fsp3) is 0.167. The topological polar surface area (TPSA) is 56.1 Å². The van der Waals surface area contributed by atoms with Gasteiger partial charge in [-0.2, -0.15) is 18.3 Å². The zero-order valence-corrected chi connectivity index (χ0v) is 18.4. The normalized spacial score (nSPS) is 13.5. The van der Waals surface area contributed by atoms with Gasteiger partial charge in [0.25, 0.3) is 0 Å². The number of hydrogen-bond acceptors (Lipinski definition) is 3. The highest BCUT2D eigenvalue weighted by Gasteiger charge is 2.40. The average Bonchev–Trinajstić information content (AvgIpc) is 3.21. The fourth-order valence-electron chi connectivity index (χ4n) is 3.49. The highest BCUT2D eigenvalue weighted by Crippen LogP contribution is 2.30. The Kier molecular flexibility index (Phi) is 6.47. The minimum absolute atomic E-state index is 0.360. The fourth-order valence-corrected chi connectivity index (χ4v) is 3.62. The zero-order valence-electron chi connectivity index (χ0n) is 17.7. The zero-order chi connectivity index (χ0) is 24.5. The molecule has 5 nitrogen and oxygen atoms in total. The Morgan fingerprint density at radius 1 is 1.06 bits per heavy atom. The van der Waals surface area contributed by atoms with E-state index in [0.717, 1.165) is 5.52 Å². The van der Waals surface area contributed by atoms with Crippen molar-refractivity contribution in [3.05, 3.63) is 89.3 Å². The maximum absolute atomic E-state index is 13.2. The molecule has 1 amide bonds. The minimum Gasteiger partial charge on any atom is -0.484 e. The summed E-state index contributed by atoms with van der Waals surface area (Å²) in [4.78, 5) is 11.5. The lowest BCUT2D eigenvalue weighted by molar-refractivity contribution is -0.174. The number of aromatic nitrogens is 2. The van der Waals surface area contributed by atoms with E-state index < -0.39 is 24.2 Å². The molecule has 0 saturated heterocycles. The second kappa shape index (κ2) is 9.34. The number of halogens is 5. The van der Waals surface area contributed by atoms with Crippen molar-refractivity contribution in [3.63, 3.8) is 0 Å². The summed E-state index contributed by atoms with van der Waals surface area (Å²) >= 11 is 5.94. The first kappa shape index (κ1) is 23.6. The van der Waals surface area contributed by atoms with Gasteiger partial charge in [-0.05, 0) is 67.1 Å². The van der Waals surface area contributed by atoms with Gasteiger partial charge in [-0.3, -0.25) is 4.79 Å². The standard InChI is InChI=1S/C24H18ClF4N3O2/c1-14(31-23(33)24(27,28)29)22(15-2-4-17(25)5-3-15)34-20-10-11-21-16(12-20)13-30-32(21)19-8-6-18(26)7-9-19/h2-14,22H,1H3,(H,31,33)/t14-,22-/m0/s1. The number of alkyl halides is 3. The third kappa shape index (κ3) is 5.14. The summed E-state index contributed by atoms with van der Waals surface area (Å²) in [6.07, 6.45) is -4.36. The Morgan fingerprint density at radius 2 is 1.74 bits per heavy atom. The predicted octanol–water partition coefficient (Wildman–Crippen LogP) is 6.01. The summed E-state index contributed by atoms with van der Waals surface area (Å²) in [5.74, 6) is -2.06. The molecule has 0 unspecified atom stereocenters. The largest absolute Gasteiger partial charge is 0.484 e. The molecule has 176 valence electrons. The van der Waals surface area contributed by atoms with E-state index in [-0.39, 0.29) is 5.82 Å². The second-order valence-corrected chi connectivity index (χ2v) is 8.04. The molecule has 10 heteroatoms. The van der Waals surface area contributed by atoms with Crippen LogP contribution in [0.3, 0.4) is 0 Å². The molecule has 1 N–H and O–H groups in total. The number of carbonyl (C=O) groups is 1. The van der Waals surface area contributed by atoms with E-state index in [0.29, 0.717) is 27.4 Å². The molecule has 3 aromatic carbocycles. The Balaban J connectivity index is 1.63. The smallest absolute Gasteiger partial charge is 0.471 e. The Labute approximate surface area is 196 Å². The van der Waals surface area contributed by atoms with Gasteiger partial charge < -0.3 is 10.1 Å². The number of carbonyl (C=O) groups excluding carboxylic acids is 1. The van der Waals surface area contributed by atoms with Crippen LogP contribution < -0.4 is 10.1 Å². The first-order valence-corrected chi connectivity index (χ1v) is 10.5. The van der Waals surface area contributed by atoms with Crippen LogP contribution in [0, 0.1) is 5.82 Å². The molecule has 4 aromatic rings. The van der Waals surface area contributed by atoms with Crippen LogP contribution in [-0.2, 0) is 4.79 Å². The Hall–Kier alpha value is -3.59. The van der Waals surface area contributed by atoms with Crippen LogP contribution >= 0.6 is 11.6 Å². The van der Waals surface area contributed by atoms with Crippen LogP contribution in [0.15, 0.2) is 72.9 Å². The van der Waals surface area contributed by atoms with Gasteiger partial charge in [0.1, 0.15) is 17.7 Å². The van der Waals surface area contributed by atoms with Crippen LogP contribution in [0.2, 0.25) is 5.02 Å². The summed E-state index contributed by atoms with van der Waals surface area (Å²) in [5, 5.41) is 7.42. The van der Waals surface area contributed by atoms with Gasteiger partial charge in [-0.1, -0.05) is 23.7 Å². The predicted molar refractivity (Wildman–Crippen MR) is 120 cm³/mol. The monoisotopic (exact) mass is 491 g/mol. The molecular formula is C24H18ClF4N3O2. The number of rotatable bonds is 6. The van der Waals surface area contributed by atoms with Gasteiger partial charge in [0, 0.05) is 10.4 Å². The van der Waals surface area contributed by atoms with E-state index in [2.05, 4.69) is 5.10 Å². The molecule has 0 saturated carbocycles. The Bertz CT molecular complexity index is 1300. The summed E-state index contributed by atoms with van der Waals surface area (Å²) in [6, 6.07) is 16.3. The number of hydrogen-bond donors (Lipinski definition) is 1. The SMILES string of the molecule is C[C@H](NC(=O)C(F)(F)F)[C@H](Oc1ccc2c(cnn2-c2ccc(F)cc2)c1)c1ccc(Cl)cc1. The Morgan fingerprint density at radius 3 is 2.38 bits per heavy atom. The van der Waals surface area contributed by atoms with Crippen LogP contribution in [-0.4, -0.2) is 27.9 Å². The molecule has 0 aliphatic rings. The van der Waals surface area contributed by atoms with Gasteiger partial charge in [0.05, 0.1) is 23.4 Å². The maximum Gasteiger partial charge on any atom is 0.471 e. The molecule has 0 fully saturated rings. The molecule has 0 bridgehead atoms. The molecule has 0 aliphatic carbocycles. The molecule has 1 aromatic heterocycles. The highest BCUT2D eigenvalue weighted by atomic mass is 35.5. The number of nitrogens with one attached hydrogen (secondary N) is 1. The van der Waals surface area contributed by atoms with Gasteiger partial charge >= 0.3 is 12.1 Å². The van der Waals surface area contributed by atoms with Crippen molar-refractivity contribution in [2.24, 2.45) is 0 Å². The van der Waals surface area contributed by atoms with Crippen molar-refractivity contribution in [2.75, 3.05) is 0 Å². The first-order chi connectivity index (χ1) is 16.1. The summed E-state index contributed by atoms with van der Waals surface area (Å²) in [6.45, 7) is 1.42. The van der Waals surface area contributed by atoms with Crippen LogP contribution in [0.25, 0.3) is 16.6 Å². The van der Waals surface area contributed by atoms with E-state index in [9.17, 15) is 22.4 Å². The minimum atomic E-state index is -5.02. The van der Waals surface area contributed by atoms with Crippen molar-refractivity contribution in [1.29, 1.82) is 0 Å². The molecule has 4 rings (SSSR count). The third-order valence-corrected chi connectivity index (χ3v) is 5.39. The van der Waals surface area contributed by atoms with Crippen LogP contribution in [0.4, 0.5) is 17.6 Å². The number of amides is 1. The average molecular weight is 492 g/mol. The van der Waals surface area contributed by atoms with Crippen molar-refractivity contribution in [1.82, 2.24) is 15.1 Å². The van der Waals surface area contributed by atoms with E-state index in [4.69, 9.17) is 16.3 Å². The van der Waals surface area contributed by atoms with Crippen LogP contribution in [0.1, 0.15) is 18.6 Å². The van der Waals surface area contributed by atoms with E-state index in [1.807, 2.05) is 5.32 Å². The van der Waals surface area contributed by atoms with Crippen molar-refractivity contribution in [3.8, 4) is 11.4 Å². The van der Waals surface area contributed by atoms with Crippen molar-refractivity contribution >= 4 is 28.4 Å². The van der Waals surface area contributed by atoms with Gasteiger partial charge in [0.15, 0.2) is 0 Å². The molecule has 34 heavy (non-hydrogen) atoms. The number of benzene rings is 3. The first-order valence-electron chi connectivity index (χ1n) is 10.2.